The summed E-state index contributed by atoms with van der Waals surface area (Å²) in [5.41, 5.74) is 3.21. The van der Waals surface area contributed by atoms with Gasteiger partial charge in [0.1, 0.15) is 0 Å². The Balaban J connectivity index is 1.62. The van der Waals surface area contributed by atoms with Gasteiger partial charge >= 0.3 is 0 Å². The topological polar surface area (TPSA) is 78.5 Å². The Kier molecular flexibility index (Phi) is 7.43. The Morgan fingerprint density at radius 3 is 2.31 bits per heavy atom. The predicted molar refractivity (Wildman–Crippen MR) is 128 cm³/mol. The molecule has 32 heavy (non-hydrogen) atoms. The van der Waals surface area contributed by atoms with E-state index < -0.39 is 15.6 Å². The zero-order valence-corrected chi connectivity index (χ0v) is 20.6. The van der Waals surface area contributed by atoms with Gasteiger partial charge < -0.3 is 5.32 Å². The van der Waals surface area contributed by atoms with Gasteiger partial charge in [0.05, 0.1) is 4.90 Å². The lowest BCUT2D eigenvalue weighted by Gasteiger charge is -2.32. The summed E-state index contributed by atoms with van der Waals surface area (Å²) in [6.45, 7) is 12.1. The third kappa shape index (κ3) is 6.40. The first-order valence-electron chi connectivity index (χ1n) is 11.2. The molecule has 0 saturated carbocycles. The Hall–Kier alpha value is -2.22. The number of likely N-dealkylation sites (tertiary alicyclic amines) is 1. The Morgan fingerprint density at radius 1 is 1.03 bits per heavy atom. The lowest BCUT2D eigenvalue weighted by Crippen LogP contribution is -2.44. The highest BCUT2D eigenvalue weighted by molar-refractivity contribution is 7.89. The lowest BCUT2D eigenvalue weighted by atomic mass is 10.0. The first-order valence-corrected chi connectivity index (χ1v) is 12.7. The quantitative estimate of drug-likeness (QED) is 0.692. The smallest absolute Gasteiger partial charge is 0.251 e. The Labute approximate surface area is 192 Å². The van der Waals surface area contributed by atoms with Gasteiger partial charge in [-0.15, -0.1) is 0 Å². The molecule has 1 amide bonds. The second-order valence-electron chi connectivity index (χ2n) is 9.78. The fourth-order valence-electron chi connectivity index (χ4n) is 4.00. The van der Waals surface area contributed by atoms with Gasteiger partial charge in [-0.2, -0.15) is 0 Å². The van der Waals surface area contributed by atoms with E-state index in [9.17, 15) is 13.2 Å². The molecule has 6 nitrogen and oxygen atoms in total. The predicted octanol–water partition coefficient (Wildman–Crippen LogP) is 3.77. The van der Waals surface area contributed by atoms with Crippen molar-refractivity contribution in [3.63, 3.8) is 0 Å². The van der Waals surface area contributed by atoms with Crippen molar-refractivity contribution in [1.82, 2.24) is 14.9 Å². The number of aryl methyl sites for hydroxylation is 2. The number of hydrogen-bond donors (Lipinski definition) is 2. The third-order valence-corrected chi connectivity index (χ3v) is 7.54. The molecule has 1 fully saturated rings. The minimum atomic E-state index is -3.70. The zero-order valence-electron chi connectivity index (χ0n) is 19.7. The fraction of sp³-hybridized carbons (Fsp3) is 0.480. The van der Waals surface area contributed by atoms with Crippen molar-refractivity contribution < 1.29 is 13.2 Å². The molecule has 1 heterocycles. The molecular weight excluding hydrogens is 422 g/mol. The van der Waals surface area contributed by atoms with Gasteiger partial charge in [0.2, 0.25) is 10.0 Å². The van der Waals surface area contributed by atoms with Crippen LogP contribution in [-0.2, 0) is 16.6 Å². The molecule has 0 bridgehead atoms. The highest BCUT2D eigenvalue weighted by atomic mass is 32.2. The van der Waals surface area contributed by atoms with Crippen LogP contribution in [0, 0.1) is 13.8 Å². The molecule has 0 aliphatic carbocycles. The fourth-order valence-corrected chi connectivity index (χ4v) is 5.45. The standard InChI is InChI=1S/C25H35N3O3S/c1-18-8-6-7-9-20(18)17-28-14-12-21(13-15-28)26-24(29)23-16-22(11-10-19(23)2)32(30,31)27-25(3,4)5/h6-11,16,21,27H,12-15,17H2,1-5H3,(H,26,29). The number of benzene rings is 2. The SMILES string of the molecule is Cc1ccccc1CN1CCC(NC(=O)c2cc(S(=O)(=O)NC(C)(C)C)ccc2C)CC1. The summed E-state index contributed by atoms with van der Waals surface area (Å²) in [7, 11) is -3.70. The maximum Gasteiger partial charge on any atom is 0.251 e. The molecule has 1 aliphatic heterocycles. The molecule has 1 aliphatic rings. The van der Waals surface area contributed by atoms with Crippen molar-refractivity contribution in [2.45, 2.75) is 70.5 Å². The summed E-state index contributed by atoms with van der Waals surface area (Å²) in [6, 6.07) is 13.2. The van der Waals surface area contributed by atoms with E-state index in [1.807, 2.05) is 6.92 Å². The Morgan fingerprint density at radius 2 is 1.69 bits per heavy atom. The molecule has 7 heteroatoms. The van der Waals surface area contributed by atoms with E-state index >= 15 is 0 Å². The van der Waals surface area contributed by atoms with E-state index in [-0.39, 0.29) is 16.8 Å². The molecule has 2 aromatic carbocycles. The van der Waals surface area contributed by atoms with E-state index in [4.69, 9.17) is 0 Å². The molecule has 0 aromatic heterocycles. The number of nitrogens with one attached hydrogen (secondary N) is 2. The maximum atomic E-state index is 13.0. The molecule has 3 rings (SSSR count). The average Bonchev–Trinajstić information content (AvgIpc) is 2.69. The van der Waals surface area contributed by atoms with Crippen molar-refractivity contribution in [3.05, 3.63) is 64.7 Å². The van der Waals surface area contributed by atoms with Crippen molar-refractivity contribution in [1.29, 1.82) is 0 Å². The van der Waals surface area contributed by atoms with Crippen LogP contribution in [0.4, 0.5) is 0 Å². The highest BCUT2D eigenvalue weighted by Crippen LogP contribution is 2.20. The molecule has 2 N–H and O–H groups in total. The number of carbonyl (C=O) groups is 1. The number of piperidine rings is 1. The summed E-state index contributed by atoms with van der Waals surface area (Å²) < 4.78 is 28.0. The number of rotatable bonds is 6. The molecule has 0 atom stereocenters. The number of amides is 1. The number of carbonyl (C=O) groups excluding carboxylic acids is 1. The highest BCUT2D eigenvalue weighted by Gasteiger charge is 2.25. The van der Waals surface area contributed by atoms with Crippen molar-refractivity contribution in [3.8, 4) is 0 Å². The van der Waals surface area contributed by atoms with Crippen LogP contribution in [0.3, 0.4) is 0 Å². The van der Waals surface area contributed by atoms with Crippen LogP contribution in [0.25, 0.3) is 0 Å². The van der Waals surface area contributed by atoms with Gasteiger partial charge in [-0.3, -0.25) is 9.69 Å². The van der Waals surface area contributed by atoms with Crippen molar-refractivity contribution in [2.75, 3.05) is 13.1 Å². The average molecular weight is 458 g/mol. The van der Waals surface area contributed by atoms with Crippen molar-refractivity contribution >= 4 is 15.9 Å². The monoisotopic (exact) mass is 457 g/mol. The van der Waals surface area contributed by atoms with E-state index in [0.717, 1.165) is 38.0 Å². The van der Waals surface area contributed by atoms with Crippen LogP contribution >= 0.6 is 0 Å². The van der Waals surface area contributed by atoms with Crippen LogP contribution in [0.5, 0.6) is 0 Å². The van der Waals surface area contributed by atoms with Crippen LogP contribution in [0.1, 0.15) is 60.7 Å². The van der Waals surface area contributed by atoms with Crippen LogP contribution in [0.15, 0.2) is 47.4 Å². The van der Waals surface area contributed by atoms with Gasteiger partial charge in [-0.1, -0.05) is 30.3 Å². The summed E-state index contributed by atoms with van der Waals surface area (Å²) >= 11 is 0. The van der Waals surface area contributed by atoms with Gasteiger partial charge in [0, 0.05) is 36.8 Å². The molecular formula is C25H35N3O3S. The van der Waals surface area contributed by atoms with E-state index in [1.165, 1.54) is 17.2 Å². The second-order valence-corrected chi connectivity index (χ2v) is 11.5. The van der Waals surface area contributed by atoms with E-state index in [0.29, 0.717) is 5.56 Å². The molecule has 174 valence electrons. The molecule has 1 saturated heterocycles. The van der Waals surface area contributed by atoms with Crippen molar-refractivity contribution in [2.24, 2.45) is 0 Å². The second kappa shape index (κ2) is 9.73. The molecule has 0 radical (unpaired) electrons. The lowest BCUT2D eigenvalue weighted by molar-refractivity contribution is 0.0908. The molecule has 0 spiro atoms. The summed E-state index contributed by atoms with van der Waals surface area (Å²) in [5.74, 6) is -0.215. The first kappa shape index (κ1) is 24.4. The Bertz CT molecular complexity index is 1070. The number of sulfonamides is 1. The summed E-state index contributed by atoms with van der Waals surface area (Å²) in [5, 5.41) is 3.12. The third-order valence-electron chi connectivity index (χ3n) is 5.78. The van der Waals surface area contributed by atoms with Crippen LogP contribution in [0.2, 0.25) is 0 Å². The zero-order chi connectivity index (χ0) is 23.5. The van der Waals surface area contributed by atoms with Gasteiger partial charge in [0.25, 0.3) is 5.91 Å². The minimum Gasteiger partial charge on any atom is -0.349 e. The largest absolute Gasteiger partial charge is 0.349 e. The van der Waals surface area contributed by atoms with Crippen LogP contribution < -0.4 is 10.0 Å². The summed E-state index contributed by atoms with van der Waals surface area (Å²) in [4.78, 5) is 15.5. The normalized spacial score (nSPS) is 16.2. The summed E-state index contributed by atoms with van der Waals surface area (Å²) in [6.07, 6.45) is 1.75. The van der Waals surface area contributed by atoms with Gasteiger partial charge in [-0.05, 0) is 76.3 Å². The number of hydrogen-bond acceptors (Lipinski definition) is 4. The number of nitrogens with zero attached hydrogens (tertiary/aromatic N) is 1. The van der Waals surface area contributed by atoms with Gasteiger partial charge in [-0.25, -0.2) is 13.1 Å². The first-order chi connectivity index (χ1) is 14.9. The van der Waals surface area contributed by atoms with E-state index in [2.05, 4.69) is 46.1 Å². The van der Waals surface area contributed by atoms with Gasteiger partial charge in [0.15, 0.2) is 0 Å². The molecule has 0 unspecified atom stereocenters. The molecule has 2 aromatic rings. The minimum absolute atomic E-state index is 0.0861. The maximum absolute atomic E-state index is 13.0. The van der Waals surface area contributed by atoms with E-state index in [1.54, 1.807) is 32.9 Å². The van der Waals surface area contributed by atoms with Crippen LogP contribution in [-0.4, -0.2) is 43.9 Å².